The highest BCUT2D eigenvalue weighted by molar-refractivity contribution is 6.03. The third-order valence-corrected chi connectivity index (χ3v) is 3.49. The Kier molecular flexibility index (Phi) is 3.37. The molecule has 0 amide bonds. The van der Waals surface area contributed by atoms with Gasteiger partial charge in [-0.3, -0.25) is 0 Å². The lowest BCUT2D eigenvalue weighted by Gasteiger charge is -2.29. The van der Waals surface area contributed by atoms with Crippen LogP contribution in [0.1, 0.15) is 11.1 Å². The van der Waals surface area contributed by atoms with E-state index in [-0.39, 0.29) is 5.82 Å². The molecule has 0 unspecified atom stereocenters. The number of benzene rings is 2. The van der Waals surface area contributed by atoms with Gasteiger partial charge in [0.25, 0.3) is 0 Å². The summed E-state index contributed by atoms with van der Waals surface area (Å²) in [5.41, 5.74) is 8.96. The van der Waals surface area contributed by atoms with Gasteiger partial charge in [-0.2, -0.15) is 0 Å². The van der Waals surface area contributed by atoms with Crippen LogP contribution in [-0.2, 0) is 6.42 Å². The summed E-state index contributed by atoms with van der Waals surface area (Å²) in [6.45, 7) is 1.34. The molecular weight excluding hydrogens is 253 g/mol. The van der Waals surface area contributed by atoms with Crippen molar-refractivity contribution in [1.29, 1.82) is 0 Å². The molecule has 0 saturated carbocycles. The number of fused-ring (bicyclic) bond motifs is 1. The van der Waals surface area contributed by atoms with Gasteiger partial charge in [0.2, 0.25) is 0 Å². The molecule has 20 heavy (non-hydrogen) atoms. The molecule has 2 N–H and O–H groups in total. The Bertz CT molecular complexity index is 652. The van der Waals surface area contributed by atoms with Gasteiger partial charge in [0, 0.05) is 17.8 Å². The van der Waals surface area contributed by atoms with Gasteiger partial charge in [-0.1, -0.05) is 24.3 Å². The van der Waals surface area contributed by atoms with E-state index in [4.69, 9.17) is 5.73 Å². The minimum atomic E-state index is -0.191. The lowest BCUT2D eigenvalue weighted by molar-refractivity contribution is 0.625. The minimum Gasteiger partial charge on any atom is -0.383 e. The van der Waals surface area contributed by atoms with E-state index in [0.29, 0.717) is 12.5 Å². The van der Waals surface area contributed by atoms with E-state index in [1.807, 2.05) is 30.3 Å². The van der Waals surface area contributed by atoms with Crippen LogP contribution in [0.4, 0.5) is 10.1 Å². The molecule has 1 aliphatic rings. The van der Waals surface area contributed by atoms with Crippen LogP contribution in [0.2, 0.25) is 0 Å². The maximum atomic E-state index is 13.2. The Morgan fingerprint density at radius 3 is 2.85 bits per heavy atom. The first kappa shape index (κ1) is 12.7. The van der Waals surface area contributed by atoms with Gasteiger partial charge in [0.1, 0.15) is 18.3 Å². The number of anilines is 1. The predicted octanol–water partition coefficient (Wildman–Crippen LogP) is 2.55. The fourth-order valence-corrected chi connectivity index (χ4v) is 2.44. The first-order valence-corrected chi connectivity index (χ1v) is 6.63. The van der Waals surface area contributed by atoms with Crippen molar-refractivity contribution in [3.8, 4) is 0 Å². The van der Waals surface area contributed by atoms with Gasteiger partial charge in [0.05, 0.1) is 0 Å². The third kappa shape index (κ3) is 2.50. The van der Waals surface area contributed by atoms with Crippen molar-refractivity contribution in [1.82, 2.24) is 0 Å². The van der Waals surface area contributed by atoms with E-state index in [1.165, 1.54) is 6.07 Å². The second-order valence-corrected chi connectivity index (χ2v) is 4.85. The quantitative estimate of drug-likeness (QED) is 0.930. The monoisotopic (exact) mass is 269 g/mol. The standard InChI is InChI=1S/C16H16FN3/c17-13-5-3-4-12(10-13)8-9-20-11-19-16(18)14-6-1-2-7-15(14)20/h1-7,10H,8-9,11H2,(H2,18,19). The molecule has 2 aromatic carbocycles. The Morgan fingerprint density at radius 2 is 2.00 bits per heavy atom. The molecule has 1 aliphatic heterocycles. The number of halogens is 1. The summed E-state index contributed by atoms with van der Waals surface area (Å²) in [6.07, 6.45) is 0.779. The maximum Gasteiger partial charge on any atom is 0.129 e. The molecule has 0 aromatic heterocycles. The summed E-state index contributed by atoms with van der Waals surface area (Å²) in [5.74, 6) is 0.395. The lowest BCUT2D eigenvalue weighted by atomic mass is 10.1. The van der Waals surface area contributed by atoms with Crippen LogP contribution in [0, 0.1) is 5.82 Å². The molecule has 102 valence electrons. The summed E-state index contributed by atoms with van der Waals surface area (Å²) in [5, 5.41) is 0. The van der Waals surface area contributed by atoms with Crippen LogP contribution in [0.3, 0.4) is 0 Å². The average Bonchev–Trinajstić information content (AvgIpc) is 2.47. The van der Waals surface area contributed by atoms with Crippen molar-refractivity contribution in [3.63, 3.8) is 0 Å². The zero-order chi connectivity index (χ0) is 13.9. The Hall–Kier alpha value is -2.36. The fraction of sp³-hybridized carbons (Fsp3) is 0.188. The van der Waals surface area contributed by atoms with Crippen LogP contribution in [0.5, 0.6) is 0 Å². The molecule has 0 fully saturated rings. The van der Waals surface area contributed by atoms with E-state index >= 15 is 0 Å². The molecule has 0 saturated heterocycles. The van der Waals surface area contributed by atoms with Crippen LogP contribution in [0.15, 0.2) is 53.5 Å². The molecule has 0 spiro atoms. The average molecular weight is 269 g/mol. The van der Waals surface area contributed by atoms with E-state index in [9.17, 15) is 4.39 Å². The number of hydrogen-bond donors (Lipinski definition) is 1. The summed E-state index contributed by atoms with van der Waals surface area (Å²) < 4.78 is 13.2. The molecule has 3 nitrogen and oxygen atoms in total. The van der Waals surface area contributed by atoms with E-state index in [1.54, 1.807) is 12.1 Å². The molecule has 0 aliphatic carbocycles. The first-order chi connectivity index (χ1) is 9.74. The molecule has 1 heterocycles. The smallest absolute Gasteiger partial charge is 0.129 e. The maximum absolute atomic E-state index is 13.2. The van der Waals surface area contributed by atoms with E-state index in [2.05, 4.69) is 9.89 Å². The lowest BCUT2D eigenvalue weighted by Crippen LogP contribution is -2.34. The molecule has 0 atom stereocenters. The van der Waals surface area contributed by atoms with Crippen molar-refractivity contribution in [3.05, 3.63) is 65.5 Å². The Balaban J connectivity index is 1.76. The number of amidine groups is 1. The second kappa shape index (κ2) is 5.33. The summed E-state index contributed by atoms with van der Waals surface area (Å²) in [4.78, 5) is 6.49. The third-order valence-electron chi connectivity index (χ3n) is 3.49. The predicted molar refractivity (Wildman–Crippen MR) is 79.5 cm³/mol. The van der Waals surface area contributed by atoms with Gasteiger partial charge in [-0.15, -0.1) is 0 Å². The van der Waals surface area contributed by atoms with Crippen molar-refractivity contribution in [2.24, 2.45) is 10.7 Å². The van der Waals surface area contributed by atoms with Gasteiger partial charge in [0.15, 0.2) is 0 Å². The van der Waals surface area contributed by atoms with Crippen molar-refractivity contribution >= 4 is 11.5 Å². The molecule has 0 bridgehead atoms. The minimum absolute atomic E-state index is 0.191. The van der Waals surface area contributed by atoms with Crippen molar-refractivity contribution in [2.75, 3.05) is 18.1 Å². The van der Waals surface area contributed by atoms with E-state index < -0.39 is 0 Å². The highest BCUT2D eigenvalue weighted by Gasteiger charge is 2.17. The molecule has 0 radical (unpaired) electrons. The van der Waals surface area contributed by atoms with Crippen LogP contribution >= 0.6 is 0 Å². The highest BCUT2D eigenvalue weighted by Crippen LogP contribution is 2.23. The van der Waals surface area contributed by atoms with E-state index in [0.717, 1.165) is 29.8 Å². The second-order valence-electron chi connectivity index (χ2n) is 4.85. The molecule has 2 aromatic rings. The van der Waals surface area contributed by atoms with Gasteiger partial charge in [-0.05, 0) is 36.2 Å². The SMILES string of the molecule is NC1=NCN(CCc2cccc(F)c2)c2ccccc21. The Morgan fingerprint density at radius 1 is 1.15 bits per heavy atom. The van der Waals surface area contributed by atoms with Crippen LogP contribution < -0.4 is 10.6 Å². The summed E-state index contributed by atoms with van der Waals surface area (Å²) in [7, 11) is 0. The molecule has 3 rings (SSSR count). The summed E-state index contributed by atoms with van der Waals surface area (Å²) in [6, 6.07) is 14.7. The largest absolute Gasteiger partial charge is 0.383 e. The molecule has 4 heteroatoms. The zero-order valence-electron chi connectivity index (χ0n) is 11.1. The number of rotatable bonds is 3. The van der Waals surface area contributed by atoms with Gasteiger partial charge in [-0.25, -0.2) is 9.38 Å². The van der Waals surface area contributed by atoms with Crippen LogP contribution in [-0.4, -0.2) is 19.0 Å². The number of nitrogens with zero attached hydrogens (tertiary/aromatic N) is 2. The Labute approximate surface area is 117 Å². The van der Waals surface area contributed by atoms with Crippen molar-refractivity contribution in [2.45, 2.75) is 6.42 Å². The zero-order valence-corrected chi connectivity index (χ0v) is 11.1. The molecular formula is C16H16FN3. The fourth-order valence-electron chi connectivity index (χ4n) is 2.44. The van der Waals surface area contributed by atoms with Crippen LogP contribution in [0.25, 0.3) is 0 Å². The number of hydrogen-bond acceptors (Lipinski definition) is 3. The normalized spacial score (nSPS) is 13.8. The topological polar surface area (TPSA) is 41.6 Å². The van der Waals surface area contributed by atoms with Crippen molar-refractivity contribution < 1.29 is 4.39 Å². The first-order valence-electron chi connectivity index (χ1n) is 6.63. The number of nitrogens with two attached hydrogens (primary N) is 1. The number of aliphatic imine (C=N–C) groups is 1. The number of para-hydroxylation sites is 1. The summed E-state index contributed by atoms with van der Waals surface area (Å²) >= 11 is 0. The van der Waals surface area contributed by atoms with Gasteiger partial charge < -0.3 is 10.6 Å². The highest BCUT2D eigenvalue weighted by atomic mass is 19.1. The van der Waals surface area contributed by atoms with Gasteiger partial charge >= 0.3 is 0 Å².